The van der Waals surface area contributed by atoms with Crippen LogP contribution >= 0.6 is 0 Å². The molecular formula is C23H40N2O9. The first kappa shape index (κ1) is 33.1. The molecule has 34 heavy (non-hydrogen) atoms. The minimum atomic E-state index is -0.765. The lowest BCUT2D eigenvalue weighted by atomic mass is 9.88. The van der Waals surface area contributed by atoms with Crippen LogP contribution in [0.4, 0.5) is 9.59 Å². The molecule has 0 saturated heterocycles. The summed E-state index contributed by atoms with van der Waals surface area (Å²) in [6.45, 7) is 16.8. The van der Waals surface area contributed by atoms with Crippen LogP contribution in [0.2, 0.25) is 0 Å². The molecular weight excluding hydrogens is 448 g/mol. The largest absolute Gasteiger partial charge is 0.460 e. The molecule has 1 atom stereocenters. The van der Waals surface area contributed by atoms with Crippen LogP contribution in [0, 0.1) is 5.92 Å². The summed E-state index contributed by atoms with van der Waals surface area (Å²) in [4.78, 5) is 42.9. The van der Waals surface area contributed by atoms with Crippen LogP contribution in [0.5, 0.6) is 0 Å². The first-order valence-electron chi connectivity index (χ1n) is 10.8. The van der Waals surface area contributed by atoms with Crippen molar-refractivity contribution in [1.82, 2.24) is 0 Å². The summed E-state index contributed by atoms with van der Waals surface area (Å²) >= 11 is 0. The maximum atomic E-state index is 10.9. The van der Waals surface area contributed by atoms with Crippen molar-refractivity contribution in [2.75, 3.05) is 33.0 Å². The van der Waals surface area contributed by atoms with Crippen LogP contribution in [0.1, 0.15) is 53.9 Å². The number of ether oxygens (including phenoxy) is 5. The van der Waals surface area contributed by atoms with Crippen molar-refractivity contribution >= 4 is 24.1 Å². The van der Waals surface area contributed by atoms with Gasteiger partial charge in [-0.25, -0.2) is 19.2 Å². The van der Waals surface area contributed by atoms with E-state index >= 15 is 0 Å². The van der Waals surface area contributed by atoms with E-state index in [1.54, 1.807) is 13.8 Å². The van der Waals surface area contributed by atoms with Crippen LogP contribution in [0.25, 0.3) is 0 Å². The number of unbranched alkanes of at least 4 members (excludes halogenated alkanes) is 1. The molecule has 0 aromatic rings. The van der Waals surface area contributed by atoms with Crippen LogP contribution in [0.15, 0.2) is 24.3 Å². The summed E-state index contributed by atoms with van der Waals surface area (Å²) in [6, 6.07) is 0. The molecule has 196 valence electrons. The molecule has 0 fully saturated rings. The fraction of sp³-hybridized carbons (Fsp3) is 0.652. The Morgan fingerprint density at radius 3 is 1.62 bits per heavy atom. The average molecular weight is 489 g/mol. The minimum Gasteiger partial charge on any atom is -0.460 e. The zero-order chi connectivity index (χ0) is 26.7. The van der Waals surface area contributed by atoms with Gasteiger partial charge in [0, 0.05) is 11.1 Å². The molecule has 0 bridgehead atoms. The predicted molar refractivity (Wildman–Crippen MR) is 126 cm³/mol. The molecule has 0 spiro atoms. The minimum absolute atomic E-state index is 0.153. The highest BCUT2D eigenvalue weighted by atomic mass is 16.6. The zero-order valence-electron chi connectivity index (χ0n) is 21.0. The number of amides is 2. The Labute approximate surface area is 201 Å². The summed E-state index contributed by atoms with van der Waals surface area (Å²) in [5, 5.41) is 0. The van der Waals surface area contributed by atoms with Crippen molar-refractivity contribution in [2.45, 2.75) is 59.5 Å². The molecule has 0 heterocycles. The van der Waals surface area contributed by atoms with Gasteiger partial charge in [0.25, 0.3) is 0 Å². The van der Waals surface area contributed by atoms with Gasteiger partial charge >= 0.3 is 24.1 Å². The topological polar surface area (TPSA) is 166 Å². The molecule has 0 radical (unpaired) electrons. The standard InChI is InChI=1S/C12H18O5.C11H22N2O4/c1-9(2)11(13)16-7-5-15-6-8-17-12(14)10(3)4;1-8(11(2,3)17-10(13)15)6-4-5-7-16-9(12)14/h1,3,5-8H2,2,4H3;8H,4-7H2,1-3H3,(H2,12,14)(H2,13,15). The third-order valence-electron chi connectivity index (χ3n) is 4.44. The molecule has 0 aromatic carbocycles. The lowest BCUT2D eigenvalue weighted by molar-refractivity contribution is -0.141. The van der Waals surface area contributed by atoms with Crippen molar-refractivity contribution < 1.29 is 42.9 Å². The first-order chi connectivity index (χ1) is 15.7. The molecule has 0 rings (SSSR count). The van der Waals surface area contributed by atoms with E-state index in [0.717, 1.165) is 19.3 Å². The molecule has 0 aliphatic carbocycles. The second-order valence-corrected chi connectivity index (χ2v) is 8.03. The van der Waals surface area contributed by atoms with E-state index in [-0.39, 0.29) is 32.3 Å². The number of hydrogen-bond donors (Lipinski definition) is 2. The van der Waals surface area contributed by atoms with Gasteiger partial charge in [0.15, 0.2) is 0 Å². The predicted octanol–water partition coefficient (Wildman–Crippen LogP) is 3.00. The van der Waals surface area contributed by atoms with Crippen LogP contribution in [0.3, 0.4) is 0 Å². The van der Waals surface area contributed by atoms with Crippen molar-refractivity contribution in [1.29, 1.82) is 0 Å². The van der Waals surface area contributed by atoms with Gasteiger partial charge in [-0.05, 0) is 52.9 Å². The van der Waals surface area contributed by atoms with Crippen LogP contribution in [-0.4, -0.2) is 62.8 Å². The first-order valence-corrected chi connectivity index (χ1v) is 10.8. The maximum Gasteiger partial charge on any atom is 0.405 e. The number of primary amides is 2. The molecule has 11 heteroatoms. The summed E-state index contributed by atoms with van der Waals surface area (Å²) in [5.74, 6) is -0.715. The van der Waals surface area contributed by atoms with Crippen molar-refractivity contribution in [3.63, 3.8) is 0 Å². The van der Waals surface area contributed by atoms with Gasteiger partial charge in [-0.2, -0.15) is 0 Å². The second-order valence-electron chi connectivity index (χ2n) is 8.03. The lowest BCUT2D eigenvalue weighted by Crippen LogP contribution is -2.37. The average Bonchev–Trinajstić information content (AvgIpc) is 2.71. The van der Waals surface area contributed by atoms with Crippen LogP contribution in [-0.2, 0) is 33.3 Å². The van der Waals surface area contributed by atoms with Gasteiger partial charge in [-0.15, -0.1) is 0 Å². The highest BCUT2D eigenvalue weighted by molar-refractivity contribution is 5.87. The molecule has 1 unspecified atom stereocenters. The van der Waals surface area contributed by atoms with E-state index in [4.69, 9.17) is 30.4 Å². The maximum absolute atomic E-state index is 10.9. The molecule has 11 nitrogen and oxygen atoms in total. The summed E-state index contributed by atoms with van der Waals surface area (Å²) in [7, 11) is 0. The number of hydrogen-bond acceptors (Lipinski definition) is 9. The number of carbonyl (C=O) groups excluding carboxylic acids is 4. The Hall–Kier alpha value is -3.08. The van der Waals surface area contributed by atoms with E-state index in [1.165, 1.54) is 0 Å². The monoisotopic (exact) mass is 488 g/mol. The second kappa shape index (κ2) is 18.4. The van der Waals surface area contributed by atoms with Gasteiger partial charge in [-0.1, -0.05) is 20.1 Å². The van der Waals surface area contributed by atoms with E-state index < -0.39 is 29.7 Å². The molecule has 4 N–H and O–H groups in total. The van der Waals surface area contributed by atoms with Gasteiger partial charge in [-0.3, -0.25) is 0 Å². The fourth-order valence-electron chi connectivity index (χ4n) is 2.17. The number of esters is 2. The third-order valence-corrected chi connectivity index (χ3v) is 4.44. The fourth-order valence-corrected chi connectivity index (χ4v) is 2.17. The van der Waals surface area contributed by atoms with E-state index in [9.17, 15) is 19.2 Å². The van der Waals surface area contributed by atoms with Gasteiger partial charge < -0.3 is 35.2 Å². The molecule has 2 amide bonds. The Kier molecular flexibility index (Phi) is 17.9. The van der Waals surface area contributed by atoms with E-state index in [2.05, 4.69) is 17.9 Å². The summed E-state index contributed by atoms with van der Waals surface area (Å²) in [6.07, 6.45) is 0.928. The van der Waals surface area contributed by atoms with E-state index in [0.29, 0.717) is 17.8 Å². The molecule has 0 aliphatic rings. The van der Waals surface area contributed by atoms with E-state index in [1.807, 2.05) is 20.8 Å². The third kappa shape index (κ3) is 19.6. The normalized spacial score (nSPS) is 11.2. The quantitative estimate of drug-likeness (QED) is 0.152. The smallest absolute Gasteiger partial charge is 0.405 e. The Bertz CT molecular complexity index is 660. The Morgan fingerprint density at radius 1 is 0.765 bits per heavy atom. The molecule has 0 aliphatic heterocycles. The zero-order valence-corrected chi connectivity index (χ0v) is 21.0. The summed E-state index contributed by atoms with van der Waals surface area (Å²) < 4.78 is 24.3. The molecule has 0 saturated carbocycles. The van der Waals surface area contributed by atoms with Crippen molar-refractivity contribution in [2.24, 2.45) is 17.4 Å². The number of carbonyl (C=O) groups is 4. The number of rotatable bonds is 15. The Balaban J connectivity index is 0. The van der Waals surface area contributed by atoms with Gasteiger partial charge in [0.05, 0.1) is 19.8 Å². The van der Waals surface area contributed by atoms with Crippen molar-refractivity contribution in [3.05, 3.63) is 24.3 Å². The highest BCUT2D eigenvalue weighted by Gasteiger charge is 2.28. The van der Waals surface area contributed by atoms with Gasteiger partial charge in [0.2, 0.25) is 0 Å². The Morgan fingerprint density at radius 2 is 1.24 bits per heavy atom. The molecule has 0 aromatic heterocycles. The highest BCUT2D eigenvalue weighted by Crippen LogP contribution is 2.25. The number of nitrogens with two attached hydrogens (primary N) is 2. The SMILES string of the molecule is C=C(C)C(=O)OCCOCCOC(=O)C(=C)C.CC(CCCCOC(N)=O)C(C)(C)OC(N)=O. The van der Waals surface area contributed by atoms with Crippen molar-refractivity contribution in [3.8, 4) is 0 Å². The van der Waals surface area contributed by atoms with Crippen LogP contribution < -0.4 is 11.5 Å². The lowest BCUT2D eigenvalue weighted by Gasteiger charge is -2.30. The van der Waals surface area contributed by atoms with Gasteiger partial charge in [0.1, 0.15) is 18.8 Å². The summed E-state index contributed by atoms with van der Waals surface area (Å²) in [5.41, 5.74) is 9.93.